The first-order valence-corrected chi connectivity index (χ1v) is 22.7. The number of hydrogen-bond donors (Lipinski definition) is 0. The van der Waals surface area contributed by atoms with Crippen LogP contribution in [0.2, 0.25) is 0 Å². The summed E-state index contributed by atoms with van der Waals surface area (Å²) in [5.41, 5.74) is 0. The molecule has 0 saturated carbocycles. The van der Waals surface area contributed by atoms with Crippen molar-refractivity contribution in [2.24, 2.45) is 0 Å². The van der Waals surface area contributed by atoms with Crippen LogP contribution in [-0.4, -0.2) is 75.5 Å². The molecule has 8 nitrogen and oxygen atoms in total. The highest BCUT2D eigenvalue weighted by Gasteiger charge is 2.25. The van der Waals surface area contributed by atoms with Gasteiger partial charge in [0.05, 0.1) is 40.3 Å². The van der Waals surface area contributed by atoms with Crippen molar-refractivity contribution in [2.75, 3.05) is 41.0 Å². The standard InChI is InChI=1S/C50H83NO7/c1-6-8-10-12-14-16-18-20-21-22-23-24-25-26-27-29-31-33-35-37-39-41-49(53)58-46(44-56-43-42-47(50(54)55)51(3,4)5)45-57-48(52)40-38-36-34-32-30-28-19-17-15-13-11-9-7-2/h8-11,13-17,19,28,30,32,34,46-47H,6-7,12,18,20-27,29,31,33,35-45H2,1-5H3/b10-8+,11-9+,15-13+,16-14+,19-17+,30-28+,34-32+. The Morgan fingerprint density at radius 2 is 1.02 bits per heavy atom. The van der Waals surface area contributed by atoms with Gasteiger partial charge in [-0.25, -0.2) is 0 Å². The molecule has 0 bridgehead atoms. The van der Waals surface area contributed by atoms with Crippen LogP contribution in [0.4, 0.5) is 0 Å². The van der Waals surface area contributed by atoms with E-state index in [1.54, 1.807) is 21.1 Å². The van der Waals surface area contributed by atoms with Gasteiger partial charge in [-0.2, -0.15) is 0 Å². The lowest BCUT2D eigenvalue weighted by molar-refractivity contribution is -0.889. The van der Waals surface area contributed by atoms with E-state index in [9.17, 15) is 19.5 Å². The Labute approximate surface area is 354 Å². The lowest BCUT2D eigenvalue weighted by Gasteiger charge is -2.34. The van der Waals surface area contributed by atoms with Crippen molar-refractivity contribution in [2.45, 2.75) is 174 Å². The number of nitrogens with zero attached hydrogens (tertiary/aromatic N) is 1. The monoisotopic (exact) mass is 810 g/mol. The fraction of sp³-hybridized carbons (Fsp3) is 0.660. The molecule has 0 saturated heterocycles. The number of rotatable bonds is 39. The van der Waals surface area contributed by atoms with Gasteiger partial charge in [-0.1, -0.05) is 176 Å². The molecule has 0 fully saturated rings. The van der Waals surface area contributed by atoms with Gasteiger partial charge in [0.1, 0.15) is 12.6 Å². The average molecular weight is 810 g/mol. The fourth-order valence-electron chi connectivity index (χ4n) is 6.20. The van der Waals surface area contributed by atoms with E-state index in [1.165, 1.54) is 77.0 Å². The summed E-state index contributed by atoms with van der Waals surface area (Å²) < 4.78 is 17.1. The summed E-state index contributed by atoms with van der Waals surface area (Å²) in [5, 5.41) is 11.6. The van der Waals surface area contributed by atoms with Crippen molar-refractivity contribution >= 4 is 17.9 Å². The molecule has 58 heavy (non-hydrogen) atoms. The lowest BCUT2D eigenvalue weighted by atomic mass is 10.0. The second-order valence-electron chi connectivity index (χ2n) is 16.0. The minimum atomic E-state index is -1.14. The molecule has 0 radical (unpaired) electrons. The number of carboxylic acid groups (broad SMARTS) is 1. The second kappa shape index (κ2) is 40.3. The van der Waals surface area contributed by atoms with E-state index in [4.69, 9.17) is 14.2 Å². The summed E-state index contributed by atoms with van der Waals surface area (Å²) in [6, 6.07) is -0.740. The molecule has 0 spiro atoms. The normalized spacial score (nSPS) is 13.7. The van der Waals surface area contributed by atoms with Crippen LogP contribution in [0.3, 0.4) is 0 Å². The van der Waals surface area contributed by atoms with Crippen LogP contribution in [0.25, 0.3) is 0 Å². The quantitative estimate of drug-likeness (QED) is 0.0200. The number of unbranched alkanes of at least 4 members (excludes halogenated alkanes) is 15. The third-order valence-electron chi connectivity index (χ3n) is 9.66. The summed E-state index contributed by atoms with van der Waals surface area (Å²) in [6.07, 6.45) is 52.0. The molecule has 0 N–H and O–H groups in total. The highest BCUT2D eigenvalue weighted by molar-refractivity contribution is 5.70. The first-order valence-electron chi connectivity index (χ1n) is 22.7. The van der Waals surface area contributed by atoms with Crippen LogP contribution in [0.15, 0.2) is 85.1 Å². The number of aliphatic carboxylic acids is 1. The number of esters is 2. The predicted octanol–water partition coefficient (Wildman–Crippen LogP) is 11.2. The maximum absolute atomic E-state index is 12.7. The summed E-state index contributed by atoms with van der Waals surface area (Å²) >= 11 is 0. The zero-order chi connectivity index (χ0) is 42.8. The number of likely N-dealkylation sites (N-methyl/N-ethyl adjacent to an activating group) is 1. The van der Waals surface area contributed by atoms with Gasteiger partial charge in [-0.3, -0.25) is 9.59 Å². The van der Waals surface area contributed by atoms with Gasteiger partial charge in [-0.05, 0) is 51.4 Å². The summed E-state index contributed by atoms with van der Waals surface area (Å²) in [4.78, 5) is 36.8. The number of hydrogen-bond acceptors (Lipinski definition) is 7. The SMILES string of the molecule is CC/C=C/C=C/C=C/C=C/C=C/CCCC(=O)OCC(COCCC(C(=O)[O-])[N+](C)(C)C)OC(=O)CCCCCCCCCCCCCCCC/C=C/C/C=C/CC. The smallest absolute Gasteiger partial charge is 0.306 e. The van der Waals surface area contributed by atoms with Gasteiger partial charge in [0.2, 0.25) is 0 Å². The van der Waals surface area contributed by atoms with Gasteiger partial charge in [-0.15, -0.1) is 0 Å². The van der Waals surface area contributed by atoms with Gasteiger partial charge < -0.3 is 28.6 Å². The van der Waals surface area contributed by atoms with Crippen molar-refractivity contribution in [3.05, 3.63) is 85.1 Å². The second-order valence-corrected chi connectivity index (χ2v) is 16.0. The zero-order valence-electron chi connectivity index (χ0n) is 37.4. The van der Waals surface area contributed by atoms with Crippen molar-refractivity contribution in [1.29, 1.82) is 0 Å². The Morgan fingerprint density at radius 3 is 1.57 bits per heavy atom. The lowest BCUT2D eigenvalue weighted by Crippen LogP contribution is -2.55. The van der Waals surface area contributed by atoms with E-state index in [2.05, 4.69) is 44.2 Å². The van der Waals surface area contributed by atoms with Gasteiger partial charge in [0.15, 0.2) is 6.10 Å². The van der Waals surface area contributed by atoms with Crippen LogP contribution in [0.1, 0.15) is 162 Å². The Morgan fingerprint density at radius 1 is 0.534 bits per heavy atom. The van der Waals surface area contributed by atoms with Gasteiger partial charge >= 0.3 is 11.9 Å². The minimum absolute atomic E-state index is 0.0140. The van der Waals surface area contributed by atoms with Crippen LogP contribution in [0.5, 0.6) is 0 Å². The Balaban J connectivity index is 4.35. The van der Waals surface area contributed by atoms with Crippen LogP contribution < -0.4 is 5.11 Å². The predicted molar refractivity (Wildman–Crippen MR) is 240 cm³/mol. The molecule has 2 atom stereocenters. The number of ether oxygens (including phenoxy) is 3. The van der Waals surface area contributed by atoms with Crippen molar-refractivity contribution < 1.29 is 38.2 Å². The average Bonchev–Trinajstić information content (AvgIpc) is 3.18. The summed E-state index contributed by atoms with van der Waals surface area (Å²) in [7, 11) is 5.38. The van der Waals surface area contributed by atoms with Crippen molar-refractivity contribution in [1.82, 2.24) is 0 Å². The molecule has 0 aromatic carbocycles. The number of allylic oxidation sites excluding steroid dienone is 14. The molecule has 0 amide bonds. The topological polar surface area (TPSA) is 102 Å². The number of carbonyl (C=O) groups is 3. The van der Waals surface area contributed by atoms with E-state index >= 15 is 0 Å². The first-order chi connectivity index (χ1) is 28.1. The number of carbonyl (C=O) groups excluding carboxylic acids is 3. The largest absolute Gasteiger partial charge is 0.544 e. The molecule has 8 heteroatoms. The Kier molecular flexibility index (Phi) is 37.9. The van der Waals surface area contributed by atoms with Crippen molar-refractivity contribution in [3.63, 3.8) is 0 Å². The summed E-state index contributed by atoms with van der Waals surface area (Å²) in [6.45, 7) is 4.33. The molecular weight excluding hydrogens is 727 g/mol. The molecule has 0 aromatic rings. The summed E-state index contributed by atoms with van der Waals surface area (Å²) in [5.74, 6) is -1.84. The molecule has 0 heterocycles. The molecule has 0 aromatic heterocycles. The van der Waals surface area contributed by atoms with E-state index in [-0.39, 0.29) is 49.1 Å². The third kappa shape index (κ3) is 38.1. The van der Waals surface area contributed by atoms with Gasteiger partial charge in [0, 0.05) is 19.3 Å². The molecule has 330 valence electrons. The molecular formula is C50H83NO7. The molecule has 0 rings (SSSR count). The van der Waals surface area contributed by atoms with Crippen LogP contribution in [-0.2, 0) is 28.6 Å². The zero-order valence-corrected chi connectivity index (χ0v) is 37.4. The Bertz CT molecular complexity index is 1220. The molecule has 0 aliphatic carbocycles. The maximum atomic E-state index is 12.7. The van der Waals surface area contributed by atoms with E-state index in [0.29, 0.717) is 12.8 Å². The fourth-order valence-corrected chi connectivity index (χ4v) is 6.20. The number of quaternary nitrogens is 1. The van der Waals surface area contributed by atoms with Crippen molar-refractivity contribution in [3.8, 4) is 0 Å². The third-order valence-corrected chi connectivity index (χ3v) is 9.66. The van der Waals surface area contributed by atoms with Crippen LogP contribution >= 0.6 is 0 Å². The highest BCUT2D eigenvalue weighted by Crippen LogP contribution is 2.15. The molecule has 0 aliphatic rings. The minimum Gasteiger partial charge on any atom is -0.544 e. The first kappa shape index (κ1) is 54.5. The van der Waals surface area contributed by atoms with E-state index in [1.807, 2.05) is 54.7 Å². The Hall–Kier alpha value is -3.49. The van der Waals surface area contributed by atoms with Gasteiger partial charge in [0.25, 0.3) is 0 Å². The number of carboxylic acids is 1. The van der Waals surface area contributed by atoms with Crippen LogP contribution in [0, 0.1) is 0 Å². The molecule has 2 unspecified atom stereocenters. The highest BCUT2D eigenvalue weighted by atomic mass is 16.6. The molecule has 0 aliphatic heterocycles. The maximum Gasteiger partial charge on any atom is 0.306 e. The van der Waals surface area contributed by atoms with E-state index < -0.39 is 18.1 Å². The van der Waals surface area contributed by atoms with E-state index in [0.717, 1.165) is 44.9 Å².